The van der Waals surface area contributed by atoms with Gasteiger partial charge in [-0.2, -0.15) is 0 Å². The van der Waals surface area contributed by atoms with Crippen molar-refractivity contribution in [3.63, 3.8) is 0 Å². The van der Waals surface area contributed by atoms with E-state index in [-0.39, 0.29) is 0 Å². The van der Waals surface area contributed by atoms with Crippen LogP contribution in [0.15, 0.2) is 22.7 Å². The smallest absolute Gasteiger partial charge is 0.145 e. The summed E-state index contributed by atoms with van der Waals surface area (Å²) in [7, 11) is 0. The van der Waals surface area contributed by atoms with Crippen LogP contribution in [0.2, 0.25) is 10.0 Å². The summed E-state index contributed by atoms with van der Waals surface area (Å²) in [6.45, 7) is 2.78. The summed E-state index contributed by atoms with van der Waals surface area (Å²) in [6.07, 6.45) is 4.91. The molecule has 1 aromatic carbocycles. The Balaban J connectivity index is 1.41. The number of hydrogen-bond donors (Lipinski definition) is 1. The number of hydrogen-bond acceptors (Lipinski definition) is 4. The van der Waals surface area contributed by atoms with E-state index in [1.165, 1.54) is 0 Å². The fourth-order valence-electron chi connectivity index (χ4n) is 4.50. The average Bonchev–Trinajstić information content (AvgIpc) is 3.04. The first-order valence-corrected chi connectivity index (χ1v) is 10.2. The Hall–Kier alpha value is -1.07. The molecule has 138 valence electrons. The molecule has 2 aliphatic carbocycles. The second-order valence-electron chi connectivity index (χ2n) is 7.83. The second-order valence-corrected chi connectivity index (χ2v) is 8.64. The fourth-order valence-corrected chi connectivity index (χ4v) is 5.07. The monoisotopic (exact) mass is 392 g/mol. The molecule has 0 bridgehead atoms. The van der Waals surface area contributed by atoms with E-state index in [9.17, 15) is 0 Å². The maximum absolute atomic E-state index is 6.42. The molecular formula is C20H22Cl2N2O2. The van der Waals surface area contributed by atoms with E-state index < -0.39 is 0 Å². The summed E-state index contributed by atoms with van der Waals surface area (Å²) >= 11 is 12.8. The van der Waals surface area contributed by atoms with Gasteiger partial charge in [0.05, 0.1) is 22.8 Å². The van der Waals surface area contributed by atoms with Gasteiger partial charge in [-0.1, -0.05) is 34.4 Å². The highest BCUT2D eigenvalue weighted by molar-refractivity contribution is 6.39. The standard InChI is InChI=1S/C20H22Cl2N2O2/c21-16-2-1-3-17(22)18(16)19-15(20(26-24-19)11-4-5-11)10-25-14-6-12-8-23-9-13(12)7-14/h1-3,11-14,23H,4-10H2/t12-,13?,14+/m0/s1. The lowest BCUT2D eigenvalue weighted by Gasteiger charge is -2.14. The molecule has 2 saturated carbocycles. The van der Waals surface area contributed by atoms with Crippen LogP contribution in [0.5, 0.6) is 0 Å². The van der Waals surface area contributed by atoms with E-state index in [4.69, 9.17) is 32.5 Å². The zero-order valence-corrected chi connectivity index (χ0v) is 16.0. The van der Waals surface area contributed by atoms with Crippen molar-refractivity contribution in [3.05, 3.63) is 39.6 Å². The summed E-state index contributed by atoms with van der Waals surface area (Å²) in [4.78, 5) is 0. The van der Waals surface area contributed by atoms with Crippen LogP contribution in [0.4, 0.5) is 0 Å². The van der Waals surface area contributed by atoms with E-state index in [0.29, 0.717) is 28.7 Å². The lowest BCUT2D eigenvalue weighted by atomic mass is 10.0. The van der Waals surface area contributed by atoms with E-state index in [2.05, 4.69) is 10.5 Å². The Kier molecular flexibility index (Phi) is 4.48. The highest BCUT2D eigenvalue weighted by Crippen LogP contribution is 2.46. The molecule has 4 nitrogen and oxygen atoms in total. The Morgan fingerprint density at radius 2 is 1.81 bits per heavy atom. The number of halogens is 2. The first-order valence-electron chi connectivity index (χ1n) is 9.46. The number of benzene rings is 1. The van der Waals surface area contributed by atoms with Gasteiger partial charge in [0.15, 0.2) is 0 Å². The molecule has 0 radical (unpaired) electrons. The van der Waals surface area contributed by atoms with Crippen LogP contribution in [0, 0.1) is 11.8 Å². The van der Waals surface area contributed by atoms with E-state index >= 15 is 0 Å². The second kappa shape index (κ2) is 6.83. The zero-order valence-electron chi connectivity index (χ0n) is 14.5. The van der Waals surface area contributed by atoms with Crippen molar-refractivity contribution in [1.29, 1.82) is 0 Å². The van der Waals surface area contributed by atoms with E-state index in [1.807, 2.05) is 18.2 Å². The van der Waals surface area contributed by atoms with Gasteiger partial charge >= 0.3 is 0 Å². The van der Waals surface area contributed by atoms with Gasteiger partial charge in [0, 0.05) is 17.0 Å². The summed E-state index contributed by atoms with van der Waals surface area (Å²) in [5.74, 6) is 2.95. The molecule has 0 spiro atoms. The lowest BCUT2D eigenvalue weighted by molar-refractivity contribution is 0.0398. The Bertz CT molecular complexity index is 786. The van der Waals surface area contributed by atoms with Gasteiger partial charge in [0.2, 0.25) is 0 Å². The van der Waals surface area contributed by atoms with Crippen LogP contribution < -0.4 is 5.32 Å². The molecule has 3 atom stereocenters. The molecule has 3 aliphatic rings. The zero-order chi connectivity index (χ0) is 17.7. The molecule has 6 heteroatoms. The van der Waals surface area contributed by atoms with Crippen molar-refractivity contribution in [2.24, 2.45) is 11.8 Å². The van der Waals surface area contributed by atoms with Gasteiger partial charge in [-0.05, 0) is 62.7 Å². The van der Waals surface area contributed by atoms with Gasteiger partial charge in [0.25, 0.3) is 0 Å². The molecule has 26 heavy (non-hydrogen) atoms. The predicted molar refractivity (Wildman–Crippen MR) is 102 cm³/mol. The predicted octanol–water partition coefficient (Wildman–Crippen LogP) is 5.04. The van der Waals surface area contributed by atoms with Crippen molar-refractivity contribution in [3.8, 4) is 11.3 Å². The fraction of sp³-hybridized carbons (Fsp3) is 0.550. The first-order chi connectivity index (χ1) is 12.7. The van der Waals surface area contributed by atoms with Gasteiger partial charge in [-0.25, -0.2) is 0 Å². The minimum Gasteiger partial charge on any atom is -0.373 e. The summed E-state index contributed by atoms with van der Waals surface area (Å²) < 4.78 is 12.0. The van der Waals surface area contributed by atoms with Crippen LogP contribution in [-0.2, 0) is 11.3 Å². The van der Waals surface area contributed by atoms with Gasteiger partial charge in [-0.3, -0.25) is 0 Å². The molecule has 3 fully saturated rings. The molecule has 1 aromatic heterocycles. The number of rotatable bonds is 5. The summed E-state index contributed by atoms with van der Waals surface area (Å²) in [5.41, 5.74) is 2.51. The molecule has 1 aliphatic heterocycles. The van der Waals surface area contributed by atoms with Crippen molar-refractivity contribution < 1.29 is 9.26 Å². The number of nitrogens with zero attached hydrogens (tertiary/aromatic N) is 1. The third-order valence-electron chi connectivity index (χ3n) is 6.04. The van der Waals surface area contributed by atoms with E-state index in [0.717, 1.165) is 73.2 Å². The summed E-state index contributed by atoms with van der Waals surface area (Å²) in [6, 6.07) is 5.52. The maximum atomic E-state index is 6.42. The number of fused-ring (bicyclic) bond motifs is 1. The molecule has 1 N–H and O–H groups in total. The van der Waals surface area contributed by atoms with Gasteiger partial charge in [-0.15, -0.1) is 0 Å². The lowest BCUT2D eigenvalue weighted by Crippen LogP contribution is -2.16. The Morgan fingerprint density at radius 1 is 1.12 bits per heavy atom. The molecule has 2 heterocycles. The van der Waals surface area contributed by atoms with Gasteiger partial charge in [0.1, 0.15) is 11.5 Å². The third kappa shape index (κ3) is 3.07. The van der Waals surface area contributed by atoms with Crippen LogP contribution in [0.25, 0.3) is 11.3 Å². The number of ether oxygens (including phenoxy) is 1. The summed E-state index contributed by atoms with van der Waals surface area (Å²) in [5, 5.41) is 9.00. The largest absolute Gasteiger partial charge is 0.373 e. The third-order valence-corrected chi connectivity index (χ3v) is 6.67. The number of nitrogens with one attached hydrogen (secondary N) is 1. The molecule has 1 saturated heterocycles. The average molecular weight is 393 g/mol. The Labute approximate surface area is 163 Å². The Morgan fingerprint density at radius 3 is 2.46 bits per heavy atom. The number of aromatic nitrogens is 1. The maximum Gasteiger partial charge on any atom is 0.145 e. The SMILES string of the molecule is Clc1cccc(Cl)c1-c1noc(C2CC2)c1CO[C@H]1CC2CNC[C@@H]2C1. The van der Waals surface area contributed by atoms with Gasteiger partial charge < -0.3 is 14.6 Å². The highest BCUT2D eigenvalue weighted by Gasteiger charge is 2.39. The normalized spacial score (nSPS) is 27.8. The minimum atomic E-state index is 0.323. The quantitative estimate of drug-likeness (QED) is 0.773. The first kappa shape index (κ1) is 17.1. The van der Waals surface area contributed by atoms with Crippen LogP contribution in [0.1, 0.15) is 42.9 Å². The molecule has 2 aromatic rings. The van der Waals surface area contributed by atoms with Crippen molar-refractivity contribution >= 4 is 23.2 Å². The highest BCUT2D eigenvalue weighted by atomic mass is 35.5. The van der Waals surface area contributed by atoms with Crippen LogP contribution in [0.3, 0.4) is 0 Å². The molecular weight excluding hydrogens is 371 g/mol. The molecule has 0 amide bonds. The van der Waals surface area contributed by atoms with Crippen LogP contribution >= 0.6 is 23.2 Å². The van der Waals surface area contributed by atoms with Crippen molar-refractivity contribution in [1.82, 2.24) is 10.5 Å². The minimum absolute atomic E-state index is 0.323. The van der Waals surface area contributed by atoms with Crippen molar-refractivity contribution in [2.75, 3.05) is 13.1 Å². The molecule has 5 rings (SSSR count). The van der Waals surface area contributed by atoms with Crippen molar-refractivity contribution in [2.45, 2.75) is 44.3 Å². The molecule has 1 unspecified atom stereocenters. The van der Waals surface area contributed by atoms with Crippen LogP contribution in [-0.4, -0.2) is 24.4 Å². The van der Waals surface area contributed by atoms with E-state index in [1.54, 1.807) is 0 Å². The topological polar surface area (TPSA) is 47.3 Å².